The van der Waals surface area contributed by atoms with Crippen molar-refractivity contribution in [2.75, 3.05) is 42.9 Å². The van der Waals surface area contributed by atoms with Gasteiger partial charge in [0.15, 0.2) is 0 Å². The zero-order valence-electron chi connectivity index (χ0n) is 19.4. The van der Waals surface area contributed by atoms with E-state index in [0.29, 0.717) is 13.1 Å². The number of amides is 2. The Balaban J connectivity index is 1.46. The Morgan fingerprint density at radius 1 is 1.09 bits per heavy atom. The minimum absolute atomic E-state index is 0.0460. The Hall–Kier alpha value is -2.87. The monoisotopic (exact) mass is 450 g/mol. The van der Waals surface area contributed by atoms with Crippen LogP contribution in [0.15, 0.2) is 30.6 Å². The van der Waals surface area contributed by atoms with Crippen molar-refractivity contribution in [3.05, 3.63) is 41.7 Å². The maximum Gasteiger partial charge on any atom is 0.256 e. The van der Waals surface area contributed by atoms with Gasteiger partial charge in [-0.2, -0.15) is 5.10 Å². The summed E-state index contributed by atoms with van der Waals surface area (Å²) in [6.45, 7) is 4.02. The number of hydrogen-bond donors (Lipinski definition) is 2. The Labute approximate surface area is 195 Å². The molecule has 8 heteroatoms. The molecule has 1 aromatic heterocycles. The van der Waals surface area contributed by atoms with E-state index in [2.05, 4.69) is 20.6 Å². The van der Waals surface area contributed by atoms with Crippen LogP contribution in [0.3, 0.4) is 0 Å². The second-order valence-corrected chi connectivity index (χ2v) is 9.56. The van der Waals surface area contributed by atoms with Crippen molar-refractivity contribution in [3.8, 4) is 0 Å². The van der Waals surface area contributed by atoms with Gasteiger partial charge in [0.2, 0.25) is 5.91 Å². The van der Waals surface area contributed by atoms with Gasteiger partial charge in [-0.05, 0) is 43.9 Å². The van der Waals surface area contributed by atoms with Crippen LogP contribution < -0.4 is 15.5 Å². The summed E-state index contributed by atoms with van der Waals surface area (Å²) in [4.78, 5) is 30.6. The Kier molecular flexibility index (Phi) is 6.35. The van der Waals surface area contributed by atoms with Gasteiger partial charge in [0.05, 0.1) is 23.5 Å². The fourth-order valence-corrected chi connectivity index (χ4v) is 4.97. The number of aryl methyl sites for hydroxylation is 1. The Bertz CT molecular complexity index is 1010. The van der Waals surface area contributed by atoms with E-state index in [1.807, 2.05) is 42.5 Å². The molecule has 33 heavy (non-hydrogen) atoms. The molecule has 2 N–H and O–H groups in total. The number of aromatic nitrogens is 2. The van der Waals surface area contributed by atoms with E-state index in [4.69, 9.17) is 0 Å². The number of benzene rings is 1. The van der Waals surface area contributed by atoms with Crippen LogP contribution in [0.4, 0.5) is 11.4 Å². The topological polar surface area (TPSA) is 82.5 Å². The van der Waals surface area contributed by atoms with E-state index in [9.17, 15) is 9.59 Å². The highest BCUT2D eigenvalue weighted by Gasteiger charge is 2.32. The number of piperazine rings is 1. The fraction of sp³-hybridized carbons (Fsp3) is 0.560. The smallest absolute Gasteiger partial charge is 0.256 e. The van der Waals surface area contributed by atoms with Gasteiger partial charge in [-0.1, -0.05) is 12.8 Å². The third-order valence-electron chi connectivity index (χ3n) is 7.00. The van der Waals surface area contributed by atoms with Crippen molar-refractivity contribution in [1.82, 2.24) is 20.0 Å². The van der Waals surface area contributed by atoms with Crippen LogP contribution in [0.1, 0.15) is 60.5 Å². The minimum atomic E-state index is -0.0498. The maximum absolute atomic E-state index is 13.9. The molecule has 3 heterocycles. The SMILES string of the molecule is Cn1cc(C2CNCCN2C(=O)c2ccc(NC(=O)C3CC3)cc2N2CCCCCC2)cn1. The minimum Gasteiger partial charge on any atom is -0.371 e. The first-order valence-electron chi connectivity index (χ1n) is 12.3. The van der Waals surface area contributed by atoms with E-state index in [0.717, 1.165) is 67.8 Å². The summed E-state index contributed by atoms with van der Waals surface area (Å²) in [5.74, 6) is 0.286. The van der Waals surface area contributed by atoms with Gasteiger partial charge >= 0.3 is 0 Å². The molecule has 0 radical (unpaired) electrons. The molecule has 3 aliphatic rings. The predicted octanol–water partition coefficient (Wildman–Crippen LogP) is 2.94. The van der Waals surface area contributed by atoms with Gasteiger partial charge in [0.1, 0.15) is 0 Å². The number of nitrogens with one attached hydrogen (secondary N) is 2. The summed E-state index contributed by atoms with van der Waals surface area (Å²) in [5, 5.41) is 10.8. The van der Waals surface area contributed by atoms with Crippen LogP contribution in [-0.2, 0) is 11.8 Å². The van der Waals surface area contributed by atoms with Gasteiger partial charge in [-0.3, -0.25) is 14.3 Å². The highest BCUT2D eigenvalue weighted by molar-refractivity contribution is 6.02. The highest BCUT2D eigenvalue weighted by atomic mass is 16.2. The average Bonchev–Trinajstić information content (AvgIpc) is 3.64. The molecule has 1 unspecified atom stereocenters. The normalized spacial score (nSPS) is 21.5. The average molecular weight is 451 g/mol. The van der Waals surface area contributed by atoms with E-state index in [-0.39, 0.29) is 23.8 Å². The van der Waals surface area contributed by atoms with Crippen LogP contribution in [0.2, 0.25) is 0 Å². The molecule has 3 fully saturated rings. The standard InChI is InChI=1S/C25H34N6O2/c1-29-17-19(15-27-29)23-16-26-10-13-31(23)25(33)21-9-8-20(28-24(32)18-6-7-18)14-22(21)30-11-4-2-3-5-12-30/h8-9,14-15,17-18,23,26H,2-7,10-13,16H2,1H3,(H,28,32). The molecule has 2 saturated heterocycles. The summed E-state index contributed by atoms with van der Waals surface area (Å²) >= 11 is 0. The van der Waals surface area contributed by atoms with Crippen molar-refractivity contribution in [3.63, 3.8) is 0 Å². The zero-order chi connectivity index (χ0) is 22.8. The molecule has 2 aromatic rings. The Morgan fingerprint density at radius 3 is 2.58 bits per heavy atom. The van der Waals surface area contributed by atoms with E-state index < -0.39 is 0 Å². The molecule has 1 atom stereocenters. The van der Waals surface area contributed by atoms with Gasteiger partial charge in [0.25, 0.3) is 5.91 Å². The van der Waals surface area contributed by atoms with Crippen LogP contribution >= 0.6 is 0 Å². The molecule has 8 nitrogen and oxygen atoms in total. The van der Waals surface area contributed by atoms with Gasteiger partial charge in [-0.15, -0.1) is 0 Å². The third kappa shape index (κ3) is 4.90. The molecule has 1 aromatic carbocycles. The molecular formula is C25H34N6O2. The van der Waals surface area contributed by atoms with Crippen LogP contribution in [0.25, 0.3) is 0 Å². The second-order valence-electron chi connectivity index (χ2n) is 9.56. The van der Waals surface area contributed by atoms with Crippen molar-refractivity contribution < 1.29 is 9.59 Å². The molecule has 0 bridgehead atoms. The van der Waals surface area contributed by atoms with E-state index >= 15 is 0 Å². The lowest BCUT2D eigenvalue weighted by Crippen LogP contribution is -2.49. The molecule has 176 valence electrons. The molecule has 2 amide bonds. The lowest BCUT2D eigenvalue weighted by atomic mass is 10.0. The molecule has 1 saturated carbocycles. The quantitative estimate of drug-likeness (QED) is 0.732. The lowest BCUT2D eigenvalue weighted by Gasteiger charge is -2.37. The fourth-order valence-electron chi connectivity index (χ4n) is 4.97. The molecular weight excluding hydrogens is 416 g/mol. The van der Waals surface area contributed by atoms with Crippen molar-refractivity contribution >= 4 is 23.2 Å². The Morgan fingerprint density at radius 2 is 1.88 bits per heavy atom. The molecule has 2 aliphatic heterocycles. The van der Waals surface area contributed by atoms with E-state index in [1.165, 1.54) is 12.8 Å². The summed E-state index contributed by atoms with van der Waals surface area (Å²) in [5.41, 5.74) is 3.49. The number of anilines is 2. The van der Waals surface area contributed by atoms with Gasteiger partial charge in [0, 0.05) is 63.1 Å². The van der Waals surface area contributed by atoms with Crippen LogP contribution in [-0.4, -0.2) is 59.2 Å². The van der Waals surface area contributed by atoms with Gasteiger partial charge < -0.3 is 20.4 Å². The molecule has 0 spiro atoms. The van der Waals surface area contributed by atoms with E-state index in [1.54, 1.807) is 4.68 Å². The van der Waals surface area contributed by atoms with Crippen LogP contribution in [0, 0.1) is 5.92 Å². The second kappa shape index (κ2) is 9.55. The molecule has 5 rings (SSSR count). The third-order valence-corrected chi connectivity index (χ3v) is 7.00. The van der Waals surface area contributed by atoms with Crippen molar-refractivity contribution in [2.24, 2.45) is 13.0 Å². The first kappa shape index (κ1) is 21.9. The molecule has 1 aliphatic carbocycles. The number of nitrogens with zero attached hydrogens (tertiary/aromatic N) is 4. The van der Waals surface area contributed by atoms with Crippen LogP contribution in [0.5, 0.6) is 0 Å². The zero-order valence-corrected chi connectivity index (χ0v) is 19.4. The summed E-state index contributed by atoms with van der Waals surface area (Å²) < 4.78 is 1.78. The number of carbonyl (C=O) groups is 2. The lowest BCUT2D eigenvalue weighted by molar-refractivity contribution is -0.117. The summed E-state index contributed by atoms with van der Waals surface area (Å²) in [6, 6.07) is 5.76. The summed E-state index contributed by atoms with van der Waals surface area (Å²) in [6.07, 6.45) is 10.5. The van der Waals surface area contributed by atoms with Crippen molar-refractivity contribution in [2.45, 2.75) is 44.6 Å². The van der Waals surface area contributed by atoms with Gasteiger partial charge in [-0.25, -0.2) is 0 Å². The predicted molar refractivity (Wildman–Crippen MR) is 128 cm³/mol. The summed E-state index contributed by atoms with van der Waals surface area (Å²) in [7, 11) is 1.90. The number of carbonyl (C=O) groups excluding carboxylic acids is 2. The highest BCUT2D eigenvalue weighted by Crippen LogP contribution is 2.33. The first-order valence-corrected chi connectivity index (χ1v) is 12.3. The maximum atomic E-state index is 13.9. The number of hydrogen-bond acceptors (Lipinski definition) is 5. The number of rotatable bonds is 5. The first-order chi connectivity index (χ1) is 16.1. The van der Waals surface area contributed by atoms with Crippen molar-refractivity contribution in [1.29, 1.82) is 0 Å². The largest absolute Gasteiger partial charge is 0.371 e.